The molecule has 0 atom stereocenters. The van der Waals surface area contributed by atoms with Crippen LogP contribution in [0.4, 0.5) is 11.8 Å². The van der Waals surface area contributed by atoms with E-state index in [-0.39, 0.29) is 0 Å². The lowest BCUT2D eigenvalue weighted by atomic mass is 10.1. The zero-order valence-electron chi connectivity index (χ0n) is 15.1. The molecule has 0 aliphatic carbocycles. The number of hydrogen-bond acceptors (Lipinski definition) is 6. The Balaban J connectivity index is 1.54. The van der Waals surface area contributed by atoms with Crippen molar-refractivity contribution >= 4 is 11.8 Å². The predicted molar refractivity (Wildman–Crippen MR) is 104 cm³/mol. The van der Waals surface area contributed by atoms with Gasteiger partial charge in [0.1, 0.15) is 5.75 Å². The minimum Gasteiger partial charge on any atom is -0.496 e. The van der Waals surface area contributed by atoms with Crippen LogP contribution in [0.15, 0.2) is 54.7 Å². The lowest BCUT2D eigenvalue weighted by molar-refractivity contribution is 0.410. The van der Waals surface area contributed by atoms with Crippen LogP contribution in [0.1, 0.15) is 16.7 Å². The molecule has 0 unspecified atom stereocenters. The summed E-state index contributed by atoms with van der Waals surface area (Å²) >= 11 is 0. The van der Waals surface area contributed by atoms with E-state index in [0.717, 1.165) is 17.7 Å². The zero-order chi connectivity index (χ0) is 18.2. The Hall–Kier alpha value is -3.15. The maximum atomic E-state index is 5.37. The second-order valence-corrected chi connectivity index (χ2v) is 6.00. The molecule has 1 heterocycles. The van der Waals surface area contributed by atoms with E-state index in [1.165, 1.54) is 11.1 Å². The third-order valence-corrected chi connectivity index (χ3v) is 3.98. The number of methoxy groups -OCH3 is 1. The topological polar surface area (TPSA) is 72.0 Å². The summed E-state index contributed by atoms with van der Waals surface area (Å²) in [4.78, 5) is 4.46. The van der Waals surface area contributed by atoms with E-state index >= 15 is 0 Å². The van der Waals surface area contributed by atoms with Gasteiger partial charge in [-0.15, -0.1) is 5.10 Å². The molecule has 6 nitrogen and oxygen atoms in total. The molecule has 0 saturated carbocycles. The van der Waals surface area contributed by atoms with E-state index in [1.54, 1.807) is 13.3 Å². The van der Waals surface area contributed by atoms with Gasteiger partial charge in [-0.25, -0.2) is 0 Å². The molecular formula is C20H23N5O. The molecule has 0 radical (unpaired) electrons. The fourth-order valence-corrected chi connectivity index (χ4v) is 2.70. The van der Waals surface area contributed by atoms with Gasteiger partial charge in [0, 0.05) is 13.1 Å². The highest BCUT2D eigenvalue weighted by molar-refractivity contribution is 5.39. The second-order valence-electron chi connectivity index (χ2n) is 6.00. The third-order valence-electron chi connectivity index (χ3n) is 3.98. The fraction of sp³-hybridized carbons (Fsp3) is 0.250. The Morgan fingerprint density at radius 3 is 2.77 bits per heavy atom. The Bertz CT molecular complexity index is 853. The summed E-state index contributed by atoms with van der Waals surface area (Å²) in [6, 6.07) is 16.4. The number of para-hydroxylation sites is 1. The van der Waals surface area contributed by atoms with Crippen LogP contribution in [0.5, 0.6) is 5.75 Å². The van der Waals surface area contributed by atoms with Crippen LogP contribution < -0.4 is 15.4 Å². The van der Waals surface area contributed by atoms with Crippen LogP contribution in [0.3, 0.4) is 0 Å². The van der Waals surface area contributed by atoms with Crippen LogP contribution in [-0.2, 0) is 13.0 Å². The molecule has 26 heavy (non-hydrogen) atoms. The van der Waals surface area contributed by atoms with Crippen molar-refractivity contribution in [3.8, 4) is 5.75 Å². The molecule has 2 aromatic carbocycles. The Kier molecular flexibility index (Phi) is 5.98. The van der Waals surface area contributed by atoms with Gasteiger partial charge in [-0.1, -0.05) is 48.0 Å². The number of nitrogens with zero attached hydrogens (tertiary/aromatic N) is 3. The molecule has 1 aromatic heterocycles. The number of benzene rings is 2. The minimum atomic E-state index is 0.508. The van der Waals surface area contributed by atoms with E-state index < -0.39 is 0 Å². The largest absolute Gasteiger partial charge is 0.496 e. The number of aromatic nitrogens is 3. The number of aryl methyl sites for hydroxylation is 1. The first-order chi connectivity index (χ1) is 12.7. The number of rotatable bonds is 8. The smallest absolute Gasteiger partial charge is 0.244 e. The van der Waals surface area contributed by atoms with Crippen LogP contribution in [0.25, 0.3) is 0 Å². The summed E-state index contributed by atoms with van der Waals surface area (Å²) in [7, 11) is 1.68. The average molecular weight is 349 g/mol. The van der Waals surface area contributed by atoms with Crippen molar-refractivity contribution in [3.05, 3.63) is 71.4 Å². The fourth-order valence-electron chi connectivity index (χ4n) is 2.70. The van der Waals surface area contributed by atoms with E-state index in [2.05, 4.69) is 63.1 Å². The van der Waals surface area contributed by atoms with Crippen LogP contribution in [0, 0.1) is 6.92 Å². The maximum Gasteiger partial charge on any atom is 0.244 e. The summed E-state index contributed by atoms with van der Waals surface area (Å²) in [5, 5.41) is 14.5. The van der Waals surface area contributed by atoms with Crippen LogP contribution >= 0.6 is 0 Å². The van der Waals surface area contributed by atoms with Crippen LogP contribution in [-0.4, -0.2) is 28.8 Å². The maximum absolute atomic E-state index is 5.37. The molecule has 3 rings (SSSR count). The van der Waals surface area contributed by atoms with E-state index in [9.17, 15) is 0 Å². The average Bonchev–Trinajstić information content (AvgIpc) is 2.67. The van der Waals surface area contributed by atoms with E-state index in [4.69, 9.17) is 4.74 Å². The predicted octanol–water partition coefficient (Wildman–Crippen LogP) is 3.46. The molecule has 2 N–H and O–H groups in total. The van der Waals surface area contributed by atoms with Gasteiger partial charge < -0.3 is 15.4 Å². The van der Waals surface area contributed by atoms with Gasteiger partial charge >= 0.3 is 0 Å². The summed E-state index contributed by atoms with van der Waals surface area (Å²) < 4.78 is 5.37. The zero-order valence-corrected chi connectivity index (χ0v) is 15.1. The van der Waals surface area contributed by atoms with Gasteiger partial charge in [0.05, 0.1) is 13.3 Å². The quantitative estimate of drug-likeness (QED) is 0.649. The molecule has 0 amide bonds. The van der Waals surface area contributed by atoms with Gasteiger partial charge in [0.2, 0.25) is 5.95 Å². The summed E-state index contributed by atoms with van der Waals surface area (Å²) in [6.45, 7) is 3.48. The molecule has 0 aliphatic heterocycles. The molecular weight excluding hydrogens is 326 g/mol. The highest BCUT2D eigenvalue weighted by Gasteiger charge is 2.04. The number of hydrogen-bond donors (Lipinski definition) is 2. The number of nitrogens with one attached hydrogen (secondary N) is 2. The standard InChI is InChI=1S/C20H23N5O/c1-15-6-5-7-16(12-15)13-22-19-14-23-25-20(24-19)21-11-10-17-8-3-4-9-18(17)26-2/h3-9,12,14H,10-11,13H2,1-2H3,(H2,21,22,24,25). The second kappa shape index (κ2) is 8.80. The van der Waals surface area contributed by atoms with Gasteiger partial charge in [0.25, 0.3) is 0 Å². The van der Waals surface area contributed by atoms with E-state index in [0.29, 0.717) is 24.9 Å². The summed E-state index contributed by atoms with van der Waals surface area (Å²) in [5.74, 6) is 2.09. The van der Waals surface area contributed by atoms with Crippen molar-refractivity contribution < 1.29 is 4.74 Å². The lowest BCUT2D eigenvalue weighted by Crippen LogP contribution is -2.11. The molecule has 3 aromatic rings. The molecule has 0 spiro atoms. The monoisotopic (exact) mass is 349 g/mol. The van der Waals surface area contributed by atoms with Gasteiger partial charge in [-0.3, -0.25) is 0 Å². The van der Waals surface area contributed by atoms with Crippen molar-refractivity contribution in [1.82, 2.24) is 15.2 Å². The molecule has 0 aliphatic rings. The van der Waals surface area contributed by atoms with E-state index in [1.807, 2.05) is 18.2 Å². The Labute approximate surface area is 153 Å². The van der Waals surface area contributed by atoms with Crippen LogP contribution in [0.2, 0.25) is 0 Å². The highest BCUT2D eigenvalue weighted by Crippen LogP contribution is 2.17. The van der Waals surface area contributed by atoms with Gasteiger partial charge in [0.15, 0.2) is 5.82 Å². The molecule has 0 fully saturated rings. The van der Waals surface area contributed by atoms with Crippen molar-refractivity contribution in [2.75, 3.05) is 24.3 Å². The van der Waals surface area contributed by atoms with Crippen molar-refractivity contribution in [2.24, 2.45) is 0 Å². The normalized spacial score (nSPS) is 10.4. The SMILES string of the molecule is COc1ccccc1CCNc1nncc(NCc2cccc(C)c2)n1. The number of ether oxygens (including phenoxy) is 1. The van der Waals surface area contributed by atoms with Gasteiger partial charge in [-0.2, -0.15) is 10.1 Å². The minimum absolute atomic E-state index is 0.508. The first-order valence-corrected chi connectivity index (χ1v) is 8.59. The molecule has 0 saturated heterocycles. The summed E-state index contributed by atoms with van der Waals surface area (Å²) in [5.41, 5.74) is 3.59. The third kappa shape index (κ3) is 4.92. The first kappa shape index (κ1) is 17.7. The molecule has 6 heteroatoms. The molecule has 134 valence electrons. The summed E-state index contributed by atoms with van der Waals surface area (Å²) in [6.07, 6.45) is 2.44. The first-order valence-electron chi connectivity index (χ1n) is 8.59. The lowest BCUT2D eigenvalue weighted by Gasteiger charge is -2.10. The van der Waals surface area contributed by atoms with Gasteiger partial charge in [-0.05, 0) is 30.5 Å². The van der Waals surface area contributed by atoms with Crippen molar-refractivity contribution in [3.63, 3.8) is 0 Å². The van der Waals surface area contributed by atoms with Crippen molar-refractivity contribution in [1.29, 1.82) is 0 Å². The van der Waals surface area contributed by atoms with Crippen molar-refractivity contribution in [2.45, 2.75) is 19.9 Å². The highest BCUT2D eigenvalue weighted by atomic mass is 16.5. The number of anilines is 2. The Morgan fingerprint density at radius 1 is 1.04 bits per heavy atom. The Morgan fingerprint density at radius 2 is 1.92 bits per heavy atom. The molecule has 0 bridgehead atoms.